The number of ether oxygens (including phenoxy) is 1. The molecular formula is C7H10N4O3. The molecule has 0 saturated carbocycles. The van der Waals surface area contributed by atoms with Crippen molar-refractivity contribution in [3.05, 3.63) is 5.82 Å². The third-order valence-electron chi connectivity index (χ3n) is 2.26. The van der Waals surface area contributed by atoms with Crippen LogP contribution in [0.3, 0.4) is 0 Å². The monoisotopic (exact) mass is 198 g/mol. The van der Waals surface area contributed by atoms with Crippen LogP contribution < -0.4 is 0 Å². The average molecular weight is 198 g/mol. The van der Waals surface area contributed by atoms with Crippen molar-refractivity contribution < 1.29 is 14.6 Å². The zero-order valence-corrected chi connectivity index (χ0v) is 7.38. The van der Waals surface area contributed by atoms with E-state index in [0.29, 0.717) is 12.4 Å². The van der Waals surface area contributed by atoms with E-state index in [1.54, 1.807) is 0 Å². The zero-order valence-electron chi connectivity index (χ0n) is 7.38. The van der Waals surface area contributed by atoms with E-state index >= 15 is 0 Å². The van der Waals surface area contributed by atoms with Gasteiger partial charge in [-0.3, -0.25) is 0 Å². The Balaban J connectivity index is 2.18. The summed E-state index contributed by atoms with van der Waals surface area (Å²) in [6, 6.07) is 0. The summed E-state index contributed by atoms with van der Waals surface area (Å²) in [6.45, 7) is 0.477. The molecule has 0 radical (unpaired) electrons. The van der Waals surface area contributed by atoms with Crippen LogP contribution in [0, 0.1) is 0 Å². The Labute approximate surface area is 79.5 Å². The smallest absolute Gasteiger partial charge is 0.333 e. The Hall–Kier alpha value is -1.50. The highest BCUT2D eigenvalue weighted by molar-refractivity contribution is 5.73. The molecule has 2 rings (SSSR count). The maximum atomic E-state index is 10.8. The number of carboxylic acids is 1. The highest BCUT2D eigenvalue weighted by atomic mass is 16.5. The zero-order chi connectivity index (χ0) is 9.97. The van der Waals surface area contributed by atoms with E-state index < -0.39 is 12.1 Å². The molecule has 0 aromatic carbocycles. The number of aromatic amines is 1. The van der Waals surface area contributed by atoms with Crippen molar-refractivity contribution in [2.24, 2.45) is 0 Å². The Kier molecular flexibility index (Phi) is 2.40. The third kappa shape index (κ3) is 1.58. The van der Waals surface area contributed by atoms with Crippen LogP contribution in [0.15, 0.2) is 0 Å². The first-order valence-corrected chi connectivity index (χ1v) is 4.37. The first kappa shape index (κ1) is 9.07. The number of hydrogen-bond acceptors (Lipinski definition) is 5. The van der Waals surface area contributed by atoms with Crippen molar-refractivity contribution in [3.8, 4) is 0 Å². The predicted octanol–water partition coefficient (Wildman–Crippen LogP) is -0.453. The van der Waals surface area contributed by atoms with Crippen LogP contribution in [0.1, 0.15) is 24.6 Å². The van der Waals surface area contributed by atoms with E-state index in [2.05, 4.69) is 20.6 Å². The lowest BCUT2D eigenvalue weighted by Gasteiger charge is -2.26. The highest BCUT2D eigenvalue weighted by Gasteiger charge is 2.35. The number of aromatic nitrogens is 4. The van der Waals surface area contributed by atoms with E-state index in [9.17, 15) is 4.79 Å². The van der Waals surface area contributed by atoms with E-state index in [1.807, 2.05) is 0 Å². The molecule has 2 atom stereocenters. The van der Waals surface area contributed by atoms with Crippen molar-refractivity contribution in [3.63, 3.8) is 0 Å². The van der Waals surface area contributed by atoms with E-state index in [-0.39, 0.29) is 5.92 Å². The number of carbonyl (C=O) groups is 1. The normalized spacial score (nSPS) is 27.4. The van der Waals surface area contributed by atoms with Gasteiger partial charge in [0.05, 0.1) is 5.92 Å². The van der Waals surface area contributed by atoms with Crippen molar-refractivity contribution in [2.45, 2.75) is 24.9 Å². The molecule has 1 aromatic rings. The summed E-state index contributed by atoms with van der Waals surface area (Å²) in [5.41, 5.74) is 0. The molecule has 2 heterocycles. The number of carboxylic acid groups (broad SMARTS) is 1. The number of aliphatic carboxylic acids is 1. The van der Waals surface area contributed by atoms with Crippen molar-refractivity contribution >= 4 is 5.97 Å². The Bertz CT molecular complexity index is 313. The summed E-state index contributed by atoms with van der Waals surface area (Å²) in [6.07, 6.45) is 0.695. The topological polar surface area (TPSA) is 101 Å². The lowest BCUT2D eigenvalue weighted by Crippen LogP contribution is -2.35. The second-order valence-electron chi connectivity index (χ2n) is 3.15. The predicted molar refractivity (Wildman–Crippen MR) is 43.5 cm³/mol. The maximum absolute atomic E-state index is 10.8. The van der Waals surface area contributed by atoms with Gasteiger partial charge in [0.25, 0.3) is 0 Å². The molecule has 1 aliphatic heterocycles. The number of hydrogen-bond donors (Lipinski definition) is 2. The Morgan fingerprint density at radius 1 is 1.64 bits per heavy atom. The second-order valence-corrected chi connectivity index (χ2v) is 3.15. The maximum Gasteiger partial charge on any atom is 0.333 e. The molecular weight excluding hydrogens is 188 g/mol. The minimum Gasteiger partial charge on any atom is -0.479 e. The summed E-state index contributed by atoms with van der Waals surface area (Å²) < 4.78 is 5.15. The number of rotatable bonds is 2. The fourth-order valence-electron chi connectivity index (χ4n) is 1.62. The van der Waals surface area contributed by atoms with Gasteiger partial charge in [-0.05, 0) is 12.8 Å². The molecule has 1 aliphatic rings. The van der Waals surface area contributed by atoms with Gasteiger partial charge in [-0.2, -0.15) is 5.21 Å². The van der Waals surface area contributed by atoms with Gasteiger partial charge in [0.15, 0.2) is 11.9 Å². The summed E-state index contributed by atoms with van der Waals surface area (Å²) >= 11 is 0. The van der Waals surface area contributed by atoms with Crippen LogP contribution in [-0.4, -0.2) is 44.4 Å². The number of nitrogens with zero attached hydrogens (tertiary/aromatic N) is 3. The van der Waals surface area contributed by atoms with Crippen LogP contribution in [0.2, 0.25) is 0 Å². The van der Waals surface area contributed by atoms with Gasteiger partial charge in [0.1, 0.15) is 0 Å². The summed E-state index contributed by atoms with van der Waals surface area (Å²) in [5, 5.41) is 22.2. The molecule has 0 aliphatic carbocycles. The first-order valence-electron chi connectivity index (χ1n) is 4.37. The third-order valence-corrected chi connectivity index (χ3v) is 2.26. The lowest BCUT2D eigenvalue weighted by atomic mass is 9.94. The summed E-state index contributed by atoms with van der Waals surface area (Å²) in [7, 11) is 0. The average Bonchev–Trinajstić information content (AvgIpc) is 2.70. The summed E-state index contributed by atoms with van der Waals surface area (Å²) in [5.74, 6) is -0.850. The number of H-pyrrole nitrogens is 1. The van der Waals surface area contributed by atoms with E-state index in [1.165, 1.54) is 0 Å². The van der Waals surface area contributed by atoms with Crippen LogP contribution in [0.4, 0.5) is 0 Å². The van der Waals surface area contributed by atoms with Gasteiger partial charge in [-0.15, -0.1) is 10.2 Å². The molecule has 7 nitrogen and oxygen atoms in total. The fourth-order valence-corrected chi connectivity index (χ4v) is 1.62. The van der Waals surface area contributed by atoms with E-state index in [0.717, 1.165) is 12.8 Å². The largest absolute Gasteiger partial charge is 0.479 e. The molecule has 76 valence electrons. The van der Waals surface area contributed by atoms with Crippen molar-refractivity contribution in [1.82, 2.24) is 20.6 Å². The second kappa shape index (κ2) is 3.70. The summed E-state index contributed by atoms with van der Waals surface area (Å²) in [4.78, 5) is 10.8. The van der Waals surface area contributed by atoms with Gasteiger partial charge in [-0.1, -0.05) is 5.21 Å². The molecule has 14 heavy (non-hydrogen) atoms. The quantitative estimate of drug-likeness (QED) is 0.667. The van der Waals surface area contributed by atoms with Crippen LogP contribution in [0.25, 0.3) is 0 Å². The highest BCUT2D eigenvalue weighted by Crippen LogP contribution is 2.28. The fraction of sp³-hybridized carbons (Fsp3) is 0.714. The molecule has 0 spiro atoms. The van der Waals surface area contributed by atoms with Crippen LogP contribution >= 0.6 is 0 Å². The Morgan fingerprint density at radius 3 is 3.14 bits per heavy atom. The molecule has 0 bridgehead atoms. The SMILES string of the molecule is O=C(O)C1OCCCC1c1nn[nH]n1. The minimum absolute atomic E-state index is 0.292. The lowest BCUT2D eigenvalue weighted by molar-refractivity contribution is -0.155. The number of nitrogens with one attached hydrogen (secondary N) is 1. The van der Waals surface area contributed by atoms with Crippen molar-refractivity contribution in [2.75, 3.05) is 6.61 Å². The molecule has 2 N–H and O–H groups in total. The van der Waals surface area contributed by atoms with Crippen LogP contribution in [0.5, 0.6) is 0 Å². The standard InChI is InChI=1S/C7H10N4O3/c12-7(13)5-4(2-1-3-14-5)6-8-10-11-9-6/h4-5H,1-3H2,(H,12,13)(H,8,9,10,11). The van der Waals surface area contributed by atoms with Gasteiger partial charge in [0, 0.05) is 6.61 Å². The van der Waals surface area contributed by atoms with E-state index in [4.69, 9.17) is 9.84 Å². The van der Waals surface area contributed by atoms with Gasteiger partial charge in [0.2, 0.25) is 0 Å². The number of tetrazole rings is 1. The molecule has 2 unspecified atom stereocenters. The molecule has 7 heteroatoms. The van der Waals surface area contributed by atoms with Crippen LogP contribution in [-0.2, 0) is 9.53 Å². The first-order chi connectivity index (χ1) is 6.79. The molecule has 1 aromatic heterocycles. The molecule has 0 amide bonds. The minimum atomic E-state index is -0.973. The molecule has 1 fully saturated rings. The van der Waals surface area contributed by atoms with Gasteiger partial charge < -0.3 is 9.84 Å². The van der Waals surface area contributed by atoms with Gasteiger partial charge >= 0.3 is 5.97 Å². The Morgan fingerprint density at radius 2 is 2.50 bits per heavy atom. The molecule has 1 saturated heterocycles. The van der Waals surface area contributed by atoms with Gasteiger partial charge in [-0.25, -0.2) is 4.79 Å². The van der Waals surface area contributed by atoms with Crippen molar-refractivity contribution in [1.29, 1.82) is 0 Å².